The number of benzene rings is 1. The van der Waals surface area contributed by atoms with Gasteiger partial charge in [-0.2, -0.15) is 0 Å². The Balaban J connectivity index is 2.14. The van der Waals surface area contributed by atoms with E-state index in [2.05, 4.69) is 45.0 Å². The Morgan fingerprint density at radius 1 is 1.17 bits per heavy atom. The lowest BCUT2D eigenvalue weighted by atomic mass is 9.71. The van der Waals surface area contributed by atoms with Crippen LogP contribution in [0.2, 0.25) is 0 Å². The molecule has 2 aliphatic rings. The topological polar surface area (TPSA) is 12.4 Å². The lowest BCUT2D eigenvalue weighted by Crippen LogP contribution is -2.38. The normalized spacial score (nSPS) is 32.2. The lowest BCUT2D eigenvalue weighted by Gasteiger charge is -2.40. The fraction of sp³-hybridized carbons (Fsp3) is 0.588. The molecule has 1 saturated carbocycles. The summed E-state index contributed by atoms with van der Waals surface area (Å²) in [6.07, 6.45) is 5.19. The highest BCUT2D eigenvalue weighted by Gasteiger charge is 2.51. The van der Waals surface area contributed by atoms with E-state index in [0.717, 1.165) is 5.92 Å². The summed E-state index contributed by atoms with van der Waals surface area (Å²) in [5.74, 6) is 1.46. The molecule has 2 atom stereocenters. The summed E-state index contributed by atoms with van der Waals surface area (Å²) in [4.78, 5) is 5.18. The van der Waals surface area contributed by atoms with Gasteiger partial charge in [-0.3, -0.25) is 4.99 Å². The maximum absolute atomic E-state index is 5.18. The second-order valence-corrected chi connectivity index (χ2v) is 6.26. The summed E-state index contributed by atoms with van der Waals surface area (Å²) in [5.41, 5.74) is 4.25. The van der Waals surface area contributed by atoms with Gasteiger partial charge in [0.15, 0.2) is 0 Å². The van der Waals surface area contributed by atoms with Gasteiger partial charge in [0.2, 0.25) is 0 Å². The molecule has 2 unspecified atom stereocenters. The summed E-state index contributed by atoms with van der Waals surface area (Å²) >= 11 is 0. The standard InChI is InChI=1S/C17H23N/c1-12-5-4-6-16(11-12)17(15-9-10-15)13(2)7-8-14(3)18-17/h4-6,11,13,15H,7-10H2,1-3H3. The minimum atomic E-state index is 0.0916. The first kappa shape index (κ1) is 12.0. The molecule has 96 valence electrons. The summed E-state index contributed by atoms with van der Waals surface area (Å²) in [6, 6.07) is 9.04. The van der Waals surface area contributed by atoms with Crippen LogP contribution in [-0.2, 0) is 5.54 Å². The van der Waals surface area contributed by atoms with Gasteiger partial charge in [-0.1, -0.05) is 36.8 Å². The average molecular weight is 241 g/mol. The number of hydrogen-bond donors (Lipinski definition) is 0. The first-order valence-electron chi connectivity index (χ1n) is 7.25. The van der Waals surface area contributed by atoms with E-state index in [-0.39, 0.29) is 5.54 Å². The van der Waals surface area contributed by atoms with Gasteiger partial charge < -0.3 is 0 Å². The second-order valence-electron chi connectivity index (χ2n) is 6.26. The van der Waals surface area contributed by atoms with E-state index in [1.165, 1.54) is 42.5 Å². The van der Waals surface area contributed by atoms with Crippen molar-refractivity contribution in [3.05, 3.63) is 35.4 Å². The monoisotopic (exact) mass is 241 g/mol. The Labute approximate surface area is 110 Å². The summed E-state index contributed by atoms with van der Waals surface area (Å²) in [6.45, 7) is 6.80. The van der Waals surface area contributed by atoms with Gasteiger partial charge in [0.25, 0.3) is 0 Å². The van der Waals surface area contributed by atoms with E-state index < -0.39 is 0 Å². The molecule has 1 aromatic rings. The molecule has 0 bridgehead atoms. The summed E-state index contributed by atoms with van der Waals surface area (Å²) in [5, 5.41) is 0. The smallest absolute Gasteiger partial charge is 0.0909 e. The third-order valence-electron chi connectivity index (χ3n) is 4.75. The van der Waals surface area contributed by atoms with Crippen molar-refractivity contribution in [1.82, 2.24) is 0 Å². The third-order valence-corrected chi connectivity index (χ3v) is 4.75. The molecule has 1 aromatic carbocycles. The van der Waals surface area contributed by atoms with Crippen molar-refractivity contribution in [2.75, 3.05) is 0 Å². The summed E-state index contributed by atoms with van der Waals surface area (Å²) in [7, 11) is 0. The van der Waals surface area contributed by atoms with E-state index in [9.17, 15) is 0 Å². The van der Waals surface area contributed by atoms with Crippen molar-refractivity contribution in [2.24, 2.45) is 16.8 Å². The molecule has 1 aliphatic heterocycles. The Morgan fingerprint density at radius 3 is 2.61 bits per heavy atom. The fourth-order valence-corrected chi connectivity index (χ4v) is 3.62. The van der Waals surface area contributed by atoms with Crippen molar-refractivity contribution in [3.63, 3.8) is 0 Å². The van der Waals surface area contributed by atoms with Crippen LogP contribution in [0.25, 0.3) is 0 Å². The number of aryl methyl sites for hydroxylation is 1. The predicted molar refractivity (Wildman–Crippen MR) is 77.1 cm³/mol. The van der Waals surface area contributed by atoms with Crippen LogP contribution in [0, 0.1) is 18.8 Å². The van der Waals surface area contributed by atoms with Crippen LogP contribution < -0.4 is 0 Å². The molecule has 0 saturated heterocycles. The molecule has 3 rings (SSSR count). The molecule has 1 fully saturated rings. The van der Waals surface area contributed by atoms with Crippen LogP contribution in [0.3, 0.4) is 0 Å². The highest BCUT2D eigenvalue weighted by atomic mass is 14.9. The molecule has 0 N–H and O–H groups in total. The fourth-order valence-electron chi connectivity index (χ4n) is 3.62. The first-order chi connectivity index (χ1) is 8.63. The quantitative estimate of drug-likeness (QED) is 0.723. The van der Waals surface area contributed by atoms with Crippen molar-refractivity contribution in [3.8, 4) is 0 Å². The van der Waals surface area contributed by atoms with E-state index >= 15 is 0 Å². The van der Waals surface area contributed by atoms with Gasteiger partial charge in [-0.25, -0.2) is 0 Å². The molecule has 1 heteroatoms. The zero-order valence-electron chi connectivity index (χ0n) is 11.7. The molecule has 0 radical (unpaired) electrons. The van der Waals surface area contributed by atoms with Crippen molar-refractivity contribution < 1.29 is 0 Å². The van der Waals surface area contributed by atoms with Gasteiger partial charge >= 0.3 is 0 Å². The van der Waals surface area contributed by atoms with Crippen LogP contribution in [-0.4, -0.2) is 5.71 Å². The molecular weight excluding hydrogens is 218 g/mol. The van der Waals surface area contributed by atoms with E-state index in [1.807, 2.05) is 0 Å². The number of hydrogen-bond acceptors (Lipinski definition) is 1. The first-order valence-corrected chi connectivity index (χ1v) is 7.25. The largest absolute Gasteiger partial charge is 0.282 e. The molecular formula is C17H23N. The average Bonchev–Trinajstić information content (AvgIpc) is 3.17. The molecule has 1 nitrogen and oxygen atoms in total. The molecule has 0 amide bonds. The van der Waals surface area contributed by atoms with Crippen molar-refractivity contribution >= 4 is 5.71 Å². The van der Waals surface area contributed by atoms with Gasteiger partial charge in [-0.15, -0.1) is 0 Å². The van der Waals surface area contributed by atoms with Crippen molar-refractivity contribution in [1.29, 1.82) is 0 Å². The van der Waals surface area contributed by atoms with Gasteiger partial charge in [0.1, 0.15) is 0 Å². The van der Waals surface area contributed by atoms with E-state index in [4.69, 9.17) is 4.99 Å². The summed E-state index contributed by atoms with van der Waals surface area (Å²) < 4.78 is 0. The molecule has 0 aromatic heterocycles. The number of nitrogens with zero attached hydrogens (tertiary/aromatic N) is 1. The SMILES string of the molecule is CC1=NC(c2cccc(C)c2)(C2CC2)C(C)CC1. The molecule has 1 heterocycles. The van der Waals surface area contributed by atoms with Gasteiger partial charge in [0.05, 0.1) is 5.54 Å². The van der Waals surface area contributed by atoms with E-state index in [0.29, 0.717) is 5.92 Å². The Morgan fingerprint density at radius 2 is 1.94 bits per heavy atom. The number of aliphatic imine (C=N–C) groups is 1. The predicted octanol–water partition coefficient (Wildman–Crippen LogP) is 4.49. The molecule has 18 heavy (non-hydrogen) atoms. The molecule has 0 spiro atoms. The maximum Gasteiger partial charge on any atom is 0.0909 e. The zero-order valence-corrected chi connectivity index (χ0v) is 11.7. The van der Waals surface area contributed by atoms with Crippen LogP contribution in [0.1, 0.15) is 50.7 Å². The highest BCUT2D eigenvalue weighted by molar-refractivity contribution is 5.83. The van der Waals surface area contributed by atoms with Gasteiger partial charge in [-0.05, 0) is 56.9 Å². The van der Waals surface area contributed by atoms with E-state index in [1.54, 1.807) is 0 Å². The lowest BCUT2D eigenvalue weighted by molar-refractivity contribution is 0.234. The molecule has 1 aliphatic carbocycles. The minimum Gasteiger partial charge on any atom is -0.282 e. The highest BCUT2D eigenvalue weighted by Crippen LogP contribution is 2.55. The minimum absolute atomic E-state index is 0.0916. The van der Waals surface area contributed by atoms with Crippen LogP contribution in [0.5, 0.6) is 0 Å². The Hall–Kier alpha value is -1.11. The number of rotatable bonds is 2. The third kappa shape index (κ3) is 1.81. The Kier molecular flexibility index (Phi) is 2.80. The second kappa shape index (κ2) is 4.22. The van der Waals surface area contributed by atoms with Crippen molar-refractivity contribution in [2.45, 2.75) is 52.0 Å². The Bertz CT molecular complexity index is 484. The van der Waals surface area contributed by atoms with Crippen LogP contribution in [0.4, 0.5) is 0 Å². The maximum atomic E-state index is 5.18. The van der Waals surface area contributed by atoms with Crippen LogP contribution >= 0.6 is 0 Å². The van der Waals surface area contributed by atoms with Crippen LogP contribution in [0.15, 0.2) is 29.3 Å². The van der Waals surface area contributed by atoms with Gasteiger partial charge in [0, 0.05) is 5.71 Å². The zero-order chi connectivity index (χ0) is 12.8.